The molecule has 0 aliphatic heterocycles. The van der Waals surface area contributed by atoms with Crippen LogP contribution in [0.15, 0.2) is 36.7 Å². The third-order valence-electron chi connectivity index (χ3n) is 3.02. The summed E-state index contributed by atoms with van der Waals surface area (Å²) in [5, 5.41) is 0.848. The topological polar surface area (TPSA) is 52.1 Å². The Morgan fingerprint density at radius 2 is 2.00 bits per heavy atom. The number of rotatable bonds is 4. The first-order valence-corrected chi connectivity index (χ1v) is 8.47. The van der Waals surface area contributed by atoms with Crippen LogP contribution in [0.4, 0.5) is 0 Å². The maximum Gasteiger partial charge on any atom is 0.350 e. The number of pyridine rings is 1. The molecule has 120 valence electrons. The molecule has 3 rings (SSSR count). The van der Waals surface area contributed by atoms with E-state index in [1.54, 1.807) is 24.5 Å². The van der Waals surface area contributed by atoms with Gasteiger partial charge in [-0.15, -0.1) is 35.1 Å². The number of thiazole rings is 1. The fourth-order valence-corrected chi connectivity index (χ4v) is 4.02. The SMILES string of the molecule is CCOC(=O)c1sc(-c2ccc(-c3cccnc3)s2)nc1C.Cl. The van der Waals surface area contributed by atoms with E-state index >= 15 is 0 Å². The van der Waals surface area contributed by atoms with Gasteiger partial charge in [0.15, 0.2) is 0 Å². The van der Waals surface area contributed by atoms with Gasteiger partial charge in [0.2, 0.25) is 0 Å². The Hall–Kier alpha value is -1.76. The van der Waals surface area contributed by atoms with E-state index in [4.69, 9.17) is 4.74 Å². The van der Waals surface area contributed by atoms with Gasteiger partial charge in [-0.05, 0) is 32.0 Å². The first kappa shape index (κ1) is 17.6. The van der Waals surface area contributed by atoms with E-state index in [1.807, 2.05) is 31.3 Å². The zero-order valence-electron chi connectivity index (χ0n) is 12.6. The van der Waals surface area contributed by atoms with Crippen molar-refractivity contribution in [3.05, 3.63) is 47.2 Å². The molecule has 23 heavy (non-hydrogen) atoms. The fourth-order valence-electron chi connectivity index (χ4n) is 2.00. The molecule has 7 heteroatoms. The number of carbonyl (C=O) groups is 1. The average Bonchev–Trinajstić information content (AvgIpc) is 3.15. The van der Waals surface area contributed by atoms with Gasteiger partial charge in [0, 0.05) is 22.8 Å². The van der Waals surface area contributed by atoms with Crippen LogP contribution in [-0.4, -0.2) is 22.5 Å². The van der Waals surface area contributed by atoms with Crippen molar-refractivity contribution in [3.63, 3.8) is 0 Å². The van der Waals surface area contributed by atoms with Crippen molar-refractivity contribution < 1.29 is 9.53 Å². The summed E-state index contributed by atoms with van der Waals surface area (Å²) in [4.78, 5) is 23.3. The van der Waals surface area contributed by atoms with E-state index < -0.39 is 0 Å². The second-order valence-corrected chi connectivity index (χ2v) is 6.64. The van der Waals surface area contributed by atoms with Crippen LogP contribution in [0.25, 0.3) is 20.3 Å². The van der Waals surface area contributed by atoms with E-state index in [2.05, 4.69) is 16.0 Å². The summed E-state index contributed by atoms with van der Waals surface area (Å²) >= 11 is 3.02. The second-order valence-electron chi connectivity index (χ2n) is 4.56. The largest absolute Gasteiger partial charge is 0.462 e. The highest BCUT2D eigenvalue weighted by Gasteiger charge is 2.18. The monoisotopic (exact) mass is 366 g/mol. The van der Waals surface area contributed by atoms with Gasteiger partial charge in [-0.1, -0.05) is 6.07 Å². The predicted octanol–water partition coefficient (Wildman–Crippen LogP) is 4.84. The van der Waals surface area contributed by atoms with Gasteiger partial charge in [0.1, 0.15) is 9.88 Å². The molecule has 3 aromatic rings. The third-order valence-corrected chi connectivity index (χ3v) is 5.46. The molecule has 0 saturated heterocycles. The highest BCUT2D eigenvalue weighted by atomic mass is 35.5. The van der Waals surface area contributed by atoms with Gasteiger partial charge < -0.3 is 4.74 Å². The van der Waals surface area contributed by atoms with Crippen LogP contribution < -0.4 is 0 Å². The molecule has 0 aliphatic rings. The van der Waals surface area contributed by atoms with Crippen molar-refractivity contribution in [2.45, 2.75) is 13.8 Å². The molecule has 0 radical (unpaired) electrons. The third kappa shape index (κ3) is 3.77. The molecule has 0 unspecified atom stereocenters. The lowest BCUT2D eigenvalue weighted by Crippen LogP contribution is -2.03. The Morgan fingerprint density at radius 1 is 1.22 bits per heavy atom. The molecule has 0 aliphatic carbocycles. The van der Waals surface area contributed by atoms with Crippen LogP contribution in [0.2, 0.25) is 0 Å². The summed E-state index contributed by atoms with van der Waals surface area (Å²) in [5.41, 5.74) is 1.80. The number of halogens is 1. The van der Waals surface area contributed by atoms with E-state index in [0.717, 1.165) is 26.0 Å². The first-order chi connectivity index (χ1) is 10.7. The lowest BCUT2D eigenvalue weighted by Gasteiger charge is -1.97. The van der Waals surface area contributed by atoms with Crippen LogP contribution in [0.1, 0.15) is 22.3 Å². The van der Waals surface area contributed by atoms with E-state index in [0.29, 0.717) is 11.5 Å². The Bertz CT molecular complexity index is 800. The van der Waals surface area contributed by atoms with Gasteiger partial charge in [0.05, 0.1) is 17.2 Å². The standard InChI is InChI=1S/C16H14N2O2S2.ClH/c1-3-20-16(19)14-10(2)18-15(22-14)13-7-6-12(21-13)11-5-4-8-17-9-11;/h4-9H,3H2,1-2H3;1H. The lowest BCUT2D eigenvalue weighted by molar-refractivity contribution is 0.0531. The van der Waals surface area contributed by atoms with Gasteiger partial charge in [-0.2, -0.15) is 0 Å². The Balaban J connectivity index is 0.00000192. The van der Waals surface area contributed by atoms with Crippen LogP contribution in [0.5, 0.6) is 0 Å². The summed E-state index contributed by atoms with van der Waals surface area (Å²) in [6.07, 6.45) is 3.60. The number of esters is 1. The zero-order chi connectivity index (χ0) is 15.5. The van der Waals surface area contributed by atoms with Crippen LogP contribution in [0, 0.1) is 6.92 Å². The molecule has 0 N–H and O–H groups in total. The van der Waals surface area contributed by atoms with Crippen molar-refractivity contribution in [1.29, 1.82) is 0 Å². The van der Waals surface area contributed by atoms with Gasteiger partial charge in [0.25, 0.3) is 0 Å². The van der Waals surface area contributed by atoms with Crippen molar-refractivity contribution in [1.82, 2.24) is 9.97 Å². The number of hydrogen-bond acceptors (Lipinski definition) is 6. The van der Waals surface area contributed by atoms with Crippen molar-refractivity contribution in [2.75, 3.05) is 6.61 Å². The van der Waals surface area contributed by atoms with Crippen molar-refractivity contribution >= 4 is 41.0 Å². The zero-order valence-corrected chi connectivity index (χ0v) is 15.1. The summed E-state index contributed by atoms with van der Waals surface area (Å²) in [6.45, 7) is 4.01. The molecule has 0 atom stereocenters. The number of hydrogen-bond donors (Lipinski definition) is 0. The molecule has 0 bridgehead atoms. The Kier molecular flexibility index (Phi) is 5.87. The molecule has 3 aromatic heterocycles. The molecular formula is C16H15ClN2O2S2. The van der Waals surface area contributed by atoms with Gasteiger partial charge in [-0.3, -0.25) is 4.98 Å². The second kappa shape index (κ2) is 7.68. The number of ether oxygens (including phenoxy) is 1. The summed E-state index contributed by atoms with van der Waals surface area (Å²) in [6, 6.07) is 8.03. The van der Waals surface area contributed by atoms with Gasteiger partial charge in [-0.25, -0.2) is 9.78 Å². The van der Waals surface area contributed by atoms with E-state index in [-0.39, 0.29) is 18.4 Å². The smallest absolute Gasteiger partial charge is 0.350 e. The summed E-state index contributed by atoms with van der Waals surface area (Å²) < 4.78 is 5.06. The minimum Gasteiger partial charge on any atom is -0.462 e. The first-order valence-electron chi connectivity index (χ1n) is 6.84. The minimum absolute atomic E-state index is 0. The van der Waals surface area contributed by atoms with Crippen molar-refractivity contribution in [2.24, 2.45) is 0 Å². The van der Waals surface area contributed by atoms with Gasteiger partial charge >= 0.3 is 5.97 Å². The summed E-state index contributed by atoms with van der Waals surface area (Å²) in [7, 11) is 0. The minimum atomic E-state index is -0.298. The molecule has 0 amide bonds. The van der Waals surface area contributed by atoms with Crippen LogP contribution in [-0.2, 0) is 4.74 Å². The normalized spacial score (nSPS) is 10.2. The molecule has 3 heterocycles. The number of aryl methyl sites for hydroxylation is 1. The van der Waals surface area contributed by atoms with Crippen LogP contribution in [0.3, 0.4) is 0 Å². The van der Waals surface area contributed by atoms with E-state index in [1.165, 1.54) is 11.3 Å². The van der Waals surface area contributed by atoms with Crippen LogP contribution >= 0.6 is 35.1 Å². The van der Waals surface area contributed by atoms with E-state index in [9.17, 15) is 4.79 Å². The molecule has 0 spiro atoms. The fraction of sp³-hybridized carbons (Fsp3) is 0.188. The number of aromatic nitrogens is 2. The molecule has 0 saturated carbocycles. The highest BCUT2D eigenvalue weighted by molar-refractivity contribution is 7.24. The Morgan fingerprint density at radius 3 is 2.70 bits per heavy atom. The molecular weight excluding hydrogens is 352 g/mol. The Labute approximate surface area is 148 Å². The van der Waals surface area contributed by atoms with Crippen molar-refractivity contribution in [3.8, 4) is 20.3 Å². The summed E-state index contributed by atoms with van der Waals surface area (Å²) in [5.74, 6) is -0.298. The molecule has 0 fully saturated rings. The number of nitrogens with zero attached hydrogens (tertiary/aromatic N) is 2. The lowest BCUT2D eigenvalue weighted by atomic mass is 10.2. The molecule has 4 nitrogen and oxygen atoms in total. The number of thiophene rings is 1. The molecule has 0 aromatic carbocycles. The number of carbonyl (C=O) groups excluding carboxylic acids is 1. The maximum atomic E-state index is 11.9. The average molecular weight is 367 g/mol. The quantitative estimate of drug-likeness (QED) is 0.620. The highest BCUT2D eigenvalue weighted by Crippen LogP contribution is 2.37. The predicted molar refractivity (Wildman–Crippen MR) is 96.6 cm³/mol. The maximum absolute atomic E-state index is 11.9.